The van der Waals surface area contributed by atoms with Gasteiger partial charge in [0, 0.05) is 43.9 Å². The Balaban J connectivity index is 0.00000420. The summed E-state index contributed by atoms with van der Waals surface area (Å²) in [6.45, 7) is 2.47. The molecule has 160 valence electrons. The first-order chi connectivity index (χ1) is 13.8. The number of hydrogen-bond donors (Lipinski definition) is 3. The highest BCUT2D eigenvalue weighted by molar-refractivity contribution is 5.70. The van der Waals surface area contributed by atoms with E-state index in [1.165, 1.54) is 0 Å². The third-order valence-electron chi connectivity index (χ3n) is 4.71. The van der Waals surface area contributed by atoms with Crippen molar-refractivity contribution in [3.05, 3.63) is 59.9 Å². The smallest absolute Gasteiger partial charge is 0.169 e. The topological polar surface area (TPSA) is 67.8 Å². The minimum absolute atomic E-state index is 0. The van der Waals surface area contributed by atoms with E-state index in [4.69, 9.17) is 15.3 Å². The highest BCUT2D eigenvalue weighted by Crippen LogP contribution is 2.16. The van der Waals surface area contributed by atoms with Gasteiger partial charge in [0.15, 0.2) is 12.4 Å². The molecule has 3 N–H and O–H groups in total. The summed E-state index contributed by atoms with van der Waals surface area (Å²) in [4.78, 5) is 1.97. The van der Waals surface area contributed by atoms with Gasteiger partial charge in [0.2, 0.25) is 0 Å². The molecular weight excluding hydrogens is 388 g/mol. The van der Waals surface area contributed by atoms with E-state index in [0.29, 0.717) is 19.7 Å². The maximum atomic E-state index is 9.15. The van der Waals surface area contributed by atoms with Crippen LogP contribution in [-0.4, -0.2) is 48.2 Å². The highest BCUT2D eigenvalue weighted by Gasteiger charge is 2.04. The summed E-state index contributed by atoms with van der Waals surface area (Å²) < 4.78 is 2.20. The Kier molecular flexibility index (Phi) is 13.0. The van der Waals surface area contributed by atoms with Crippen LogP contribution in [0.15, 0.2) is 48.8 Å². The highest BCUT2D eigenvalue weighted by atomic mass is 35.5. The number of aryl methyl sites for hydroxylation is 1. The van der Waals surface area contributed by atoms with Gasteiger partial charge in [-0.3, -0.25) is 0 Å². The number of nitrogens with zero attached hydrogens (tertiary/aromatic N) is 2. The van der Waals surface area contributed by atoms with Crippen molar-refractivity contribution in [2.24, 2.45) is 0 Å². The van der Waals surface area contributed by atoms with Gasteiger partial charge < -0.3 is 32.6 Å². The van der Waals surface area contributed by atoms with E-state index < -0.39 is 0 Å². The van der Waals surface area contributed by atoms with Crippen LogP contribution in [-0.2, 0) is 6.54 Å². The zero-order chi connectivity index (χ0) is 20.0. The Morgan fingerprint density at radius 2 is 1.24 bits per heavy atom. The van der Waals surface area contributed by atoms with Gasteiger partial charge in [-0.15, -0.1) is 0 Å². The van der Waals surface area contributed by atoms with E-state index in [0.717, 1.165) is 49.0 Å². The van der Waals surface area contributed by atoms with Gasteiger partial charge in [0.05, 0.1) is 13.2 Å². The molecule has 0 amide bonds. The molecule has 0 aliphatic rings. The van der Waals surface area contributed by atoms with Gasteiger partial charge in [-0.25, -0.2) is 4.57 Å². The number of unbranched alkanes of at least 4 members (excludes halogenated alkanes) is 3. The fraction of sp³-hybridized carbons (Fsp3) is 0.435. The SMILES string of the molecule is OCCCCCC[n+]1ccc(/C=C/c2ccc(N(CCO)CCO)cc2)cc1.[Cl-]. The molecule has 0 aliphatic carbocycles. The Hall–Kier alpha value is -1.92. The molecule has 1 aromatic heterocycles. The number of aromatic nitrogens is 1. The third kappa shape index (κ3) is 9.41. The molecule has 0 fully saturated rings. The number of anilines is 1. The van der Waals surface area contributed by atoms with Crippen molar-refractivity contribution in [3.8, 4) is 0 Å². The Morgan fingerprint density at radius 1 is 0.690 bits per heavy atom. The fourth-order valence-electron chi connectivity index (χ4n) is 3.09. The largest absolute Gasteiger partial charge is 1.00 e. The molecule has 0 saturated carbocycles. The quantitative estimate of drug-likeness (QED) is 0.302. The zero-order valence-electron chi connectivity index (χ0n) is 17.0. The number of aliphatic hydroxyl groups excluding tert-OH is 3. The van der Waals surface area contributed by atoms with Crippen molar-refractivity contribution in [2.45, 2.75) is 32.2 Å². The monoisotopic (exact) mass is 420 g/mol. The summed E-state index contributed by atoms with van der Waals surface area (Å²) in [7, 11) is 0. The molecule has 6 heteroatoms. The van der Waals surface area contributed by atoms with Crippen LogP contribution in [0.5, 0.6) is 0 Å². The van der Waals surface area contributed by atoms with Crippen LogP contribution in [0, 0.1) is 0 Å². The molecule has 2 rings (SSSR count). The van der Waals surface area contributed by atoms with Gasteiger partial charge in [-0.2, -0.15) is 0 Å². The first-order valence-electron chi connectivity index (χ1n) is 10.1. The van der Waals surface area contributed by atoms with Gasteiger partial charge in [0.1, 0.15) is 6.54 Å². The van der Waals surface area contributed by atoms with Crippen LogP contribution < -0.4 is 21.9 Å². The van der Waals surface area contributed by atoms with E-state index in [-0.39, 0.29) is 25.6 Å². The van der Waals surface area contributed by atoms with Gasteiger partial charge in [-0.05, 0) is 36.1 Å². The molecule has 0 saturated heterocycles. The van der Waals surface area contributed by atoms with Crippen molar-refractivity contribution in [1.29, 1.82) is 0 Å². The van der Waals surface area contributed by atoms with E-state index >= 15 is 0 Å². The normalized spacial score (nSPS) is 10.9. The van der Waals surface area contributed by atoms with Gasteiger partial charge in [0.25, 0.3) is 0 Å². The van der Waals surface area contributed by atoms with Crippen LogP contribution in [0.4, 0.5) is 5.69 Å². The number of halogens is 1. The fourth-order valence-corrected chi connectivity index (χ4v) is 3.09. The molecular formula is C23H33ClN2O3. The molecule has 0 spiro atoms. The summed E-state index contributed by atoms with van der Waals surface area (Å²) in [5.74, 6) is 0. The van der Waals surface area contributed by atoms with Crippen LogP contribution in [0.3, 0.4) is 0 Å². The molecule has 0 bridgehead atoms. The van der Waals surface area contributed by atoms with Crippen molar-refractivity contribution in [2.75, 3.05) is 37.8 Å². The molecule has 1 aromatic carbocycles. The molecule has 29 heavy (non-hydrogen) atoms. The maximum Gasteiger partial charge on any atom is 0.169 e. The van der Waals surface area contributed by atoms with E-state index in [1.807, 2.05) is 29.2 Å². The second-order valence-electron chi connectivity index (χ2n) is 6.87. The van der Waals surface area contributed by atoms with Crippen LogP contribution in [0.1, 0.15) is 36.8 Å². The Bertz CT molecular complexity index is 684. The Morgan fingerprint density at radius 3 is 1.79 bits per heavy atom. The van der Waals surface area contributed by atoms with Crippen LogP contribution in [0.25, 0.3) is 12.2 Å². The summed E-state index contributed by atoms with van der Waals surface area (Å²) >= 11 is 0. The Labute approximate surface area is 180 Å². The van der Waals surface area contributed by atoms with E-state index in [9.17, 15) is 0 Å². The number of pyridine rings is 1. The average molecular weight is 421 g/mol. The molecule has 0 unspecified atom stereocenters. The molecule has 0 radical (unpaired) electrons. The number of benzene rings is 1. The third-order valence-corrected chi connectivity index (χ3v) is 4.71. The van der Waals surface area contributed by atoms with E-state index in [1.54, 1.807) is 0 Å². The lowest BCUT2D eigenvalue weighted by atomic mass is 10.1. The molecule has 0 aliphatic heterocycles. The first-order valence-corrected chi connectivity index (χ1v) is 10.1. The van der Waals surface area contributed by atoms with Crippen molar-refractivity contribution in [1.82, 2.24) is 0 Å². The van der Waals surface area contributed by atoms with E-state index in [2.05, 4.69) is 41.2 Å². The van der Waals surface area contributed by atoms with Gasteiger partial charge >= 0.3 is 0 Å². The lowest BCUT2D eigenvalue weighted by Crippen LogP contribution is -3.00. The summed E-state index contributed by atoms with van der Waals surface area (Å²) in [5.41, 5.74) is 3.26. The van der Waals surface area contributed by atoms with Crippen LogP contribution in [0.2, 0.25) is 0 Å². The minimum atomic E-state index is 0. The lowest BCUT2D eigenvalue weighted by molar-refractivity contribution is -0.697. The van der Waals surface area contributed by atoms with Crippen molar-refractivity contribution in [3.63, 3.8) is 0 Å². The molecule has 2 aromatic rings. The number of rotatable bonds is 13. The minimum Gasteiger partial charge on any atom is -1.00 e. The molecule has 5 nitrogen and oxygen atoms in total. The maximum absolute atomic E-state index is 9.15. The number of hydrogen-bond acceptors (Lipinski definition) is 4. The molecule has 0 atom stereocenters. The predicted octanol–water partition coefficient (Wildman–Crippen LogP) is -0.508. The average Bonchev–Trinajstić information content (AvgIpc) is 2.73. The summed E-state index contributed by atoms with van der Waals surface area (Å²) in [6, 6.07) is 12.3. The summed E-state index contributed by atoms with van der Waals surface area (Å²) in [5, 5.41) is 27.1. The zero-order valence-corrected chi connectivity index (χ0v) is 17.7. The van der Waals surface area contributed by atoms with Crippen molar-refractivity contribution < 1.29 is 32.3 Å². The predicted molar refractivity (Wildman–Crippen MR) is 114 cm³/mol. The second kappa shape index (κ2) is 15.0. The second-order valence-corrected chi connectivity index (χ2v) is 6.87. The lowest BCUT2D eigenvalue weighted by Gasteiger charge is -2.22. The van der Waals surface area contributed by atoms with Crippen molar-refractivity contribution >= 4 is 17.8 Å². The van der Waals surface area contributed by atoms with Crippen LogP contribution >= 0.6 is 0 Å². The summed E-state index contributed by atoms with van der Waals surface area (Å²) in [6.07, 6.45) is 12.7. The number of aliphatic hydroxyl groups is 3. The standard InChI is InChI=1S/C23H33N2O3.ClH/c26-18-4-2-1-3-13-24-14-11-22(12-15-24)6-5-21-7-9-23(10-8-21)25(16-19-27)17-20-28;/h5-12,14-15,26-28H,1-4,13,16-20H2;1H/q+1;/p-1. The first kappa shape index (κ1) is 25.1. The van der Waals surface area contributed by atoms with Gasteiger partial charge in [-0.1, -0.05) is 30.7 Å². The molecule has 1 heterocycles.